The number of carbonyl (C=O) groups excluding carboxylic acids is 1. The average molecular weight is 487 g/mol. The number of methoxy groups -OCH3 is 1. The van der Waals surface area contributed by atoms with Crippen LogP contribution in [0.1, 0.15) is 18.1 Å². The van der Waals surface area contributed by atoms with Crippen LogP contribution >= 0.6 is 15.9 Å². The Bertz CT molecular complexity index is 1240. The van der Waals surface area contributed by atoms with Crippen molar-refractivity contribution in [3.8, 4) is 0 Å². The minimum Gasteiger partial charge on any atom is -0.479 e. The van der Waals surface area contributed by atoms with E-state index in [9.17, 15) is 24.6 Å². The molecule has 31 heavy (non-hydrogen) atoms. The molecule has 9 heteroatoms. The Morgan fingerprint density at radius 2 is 1.97 bits per heavy atom. The smallest absolute Gasteiger partial charge is 0.411 e. The normalized spacial score (nSPS) is 17.2. The van der Waals surface area contributed by atoms with E-state index in [-0.39, 0.29) is 11.1 Å². The quantitative estimate of drug-likeness (QED) is 0.538. The molecule has 0 radical (unpaired) electrons. The van der Waals surface area contributed by atoms with E-state index in [2.05, 4.69) is 31.0 Å². The molecule has 0 aliphatic carbocycles. The molecule has 3 N–H and O–H groups in total. The molecule has 0 spiro atoms. The second kappa shape index (κ2) is 8.73. The van der Waals surface area contributed by atoms with E-state index in [4.69, 9.17) is 0 Å². The highest BCUT2D eigenvalue weighted by atomic mass is 79.9. The summed E-state index contributed by atoms with van der Waals surface area (Å²) >= 11 is 3.46. The van der Waals surface area contributed by atoms with Gasteiger partial charge in [0, 0.05) is 27.0 Å². The average Bonchev–Trinajstić information content (AvgIpc) is 3.08. The lowest BCUT2D eigenvalue weighted by atomic mass is 9.82. The molecule has 1 amide bonds. The van der Waals surface area contributed by atoms with Crippen LogP contribution in [0.4, 0.5) is 10.5 Å². The minimum atomic E-state index is -1.91. The van der Waals surface area contributed by atoms with Crippen LogP contribution in [0.2, 0.25) is 0 Å². The Morgan fingerprint density at radius 3 is 2.58 bits per heavy atom. The molecule has 0 saturated heterocycles. The third-order valence-electron chi connectivity index (χ3n) is 4.91. The van der Waals surface area contributed by atoms with Crippen LogP contribution in [0.5, 0.6) is 0 Å². The zero-order valence-electron chi connectivity index (χ0n) is 16.7. The number of amides is 1. The van der Waals surface area contributed by atoms with Gasteiger partial charge in [0.15, 0.2) is 0 Å². The molecule has 0 fully saturated rings. The molecule has 160 valence electrons. The molecular weight excluding hydrogens is 468 g/mol. The van der Waals surface area contributed by atoms with E-state index in [0.717, 1.165) is 11.6 Å². The number of aliphatic carboxylic acids is 2. The number of anilines is 1. The predicted octanol–water partition coefficient (Wildman–Crippen LogP) is 2.59. The number of hydrogen-bond donors (Lipinski definition) is 3. The molecule has 0 aromatic heterocycles. The Kier molecular flexibility index (Phi) is 6.26. The Labute approximate surface area is 185 Å². The molecule has 0 bridgehead atoms. The van der Waals surface area contributed by atoms with Gasteiger partial charge in [-0.3, -0.25) is 10.3 Å². The molecule has 2 aromatic rings. The number of aryl methyl sites for hydroxylation is 1. The fourth-order valence-electron chi connectivity index (χ4n) is 3.46. The summed E-state index contributed by atoms with van der Waals surface area (Å²) in [6, 6.07) is 9.87. The number of halogens is 1. The number of carboxylic acids is 2. The monoisotopic (exact) mass is 486 g/mol. The number of carboxylic acid groups (broad SMARTS) is 2. The number of nitrogens with zero attached hydrogens (tertiary/aromatic N) is 1. The lowest BCUT2D eigenvalue weighted by Gasteiger charge is -2.25. The van der Waals surface area contributed by atoms with Gasteiger partial charge in [0.25, 0.3) is 0 Å². The van der Waals surface area contributed by atoms with Crippen molar-refractivity contribution in [2.75, 3.05) is 12.4 Å². The molecule has 3 rings (SSSR count). The Balaban J connectivity index is 2.37. The predicted molar refractivity (Wildman–Crippen MR) is 116 cm³/mol. The van der Waals surface area contributed by atoms with Gasteiger partial charge in [-0.1, -0.05) is 19.1 Å². The summed E-state index contributed by atoms with van der Waals surface area (Å²) in [6.45, 7) is 1.96. The fourth-order valence-corrected chi connectivity index (χ4v) is 4.06. The molecule has 0 saturated carbocycles. The Hall–Kier alpha value is -3.46. The van der Waals surface area contributed by atoms with Gasteiger partial charge in [-0.2, -0.15) is 0 Å². The van der Waals surface area contributed by atoms with Crippen molar-refractivity contribution in [3.63, 3.8) is 0 Å². The first-order chi connectivity index (χ1) is 14.7. The van der Waals surface area contributed by atoms with Crippen molar-refractivity contribution in [2.24, 2.45) is 4.99 Å². The summed E-state index contributed by atoms with van der Waals surface area (Å²) in [6.07, 6.45) is 2.14. The molecule has 1 aliphatic rings. The van der Waals surface area contributed by atoms with Gasteiger partial charge in [-0.15, -0.1) is 0 Å². The maximum Gasteiger partial charge on any atom is 0.411 e. The third-order valence-corrected chi connectivity index (χ3v) is 5.51. The zero-order valence-corrected chi connectivity index (χ0v) is 18.3. The minimum absolute atomic E-state index is 0.212. The van der Waals surface area contributed by atoms with Crippen molar-refractivity contribution in [1.82, 2.24) is 0 Å². The number of benzene rings is 2. The van der Waals surface area contributed by atoms with Gasteiger partial charge >= 0.3 is 18.0 Å². The van der Waals surface area contributed by atoms with E-state index in [0.29, 0.717) is 27.2 Å². The second-order valence-corrected chi connectivity index (χ2v) is 7.59. The number of fused-ring (bicyclic) bond motifs is 1. The first kappa shape index (κ1) is 22.2. The van der Waals surface area contributed by atoms with Gasteiger partial charge in [-0.05, 0) is 63.8 Å². The van der Waals surface area contributed by atoms with E-state index < -0.39 is 23.6 Å². The van der Waals surface area contributed by atoms with Crippen LogP contribution in [0.3, 0.4) is 0 Å². The summed E-state index contributed by atoms with van der Waals surface area (Å²) in [5.41, 5.74) is -0.198. The Morgan fingerprint density at radius 1 is 1.23 bits per heavy atom. The van der Waals surface area contributed by atoms with E-state index in [1.807, 2.05) is 19.1 Å². The molecular formula is C22H19BrN2O6. The van der Waals surface area contributed by atoms with Gasteiger partial charge < -0.3 is 14.9 Å². The van der Waals surface area contributed by atoms with Crippen molar-refractivity contribution in [1.29, 1.82) is 0 Å². The third kappa shape index (κ3) is 4.09. The van der Waals surface area contributed by atoms with Gasteiger partial charge in [0.05, 0.1) is 12.5 Å². The second-order valence-electron chi connectivity index (χ2n) is 6.74. The highest BCUT2D eigenvalue weighted by molar-refractivity contribution is 9.10. The lowest BCUT2D eigenvalue weighted by Crippen LogP contribution is -2.34. The number of ether oxygens (including phenoxy) is 1. The van der Waals surface area contributed by atoms with Crippen molar-refractivity contribution in [3.05, 3.63) is 74.7 Å². The number of hydrogen-bond acceptors (Lipinski definition) is 5. The summed E-state index contributed by atoms with van der Waals surface area (Å²) in [5, 5.41) is 23.0. The number of nitrogens with one attached hydrogen (secondary N) is 1. The van der Waals surface area contributed by atoms with E-state index in [1.54, 1.807) is 18.2 Å². The molecule has 1 atom stereocenters. The largest absolute Gasteiger partial charge is 0.479 e. The summed E-state index contributed by atoms with van der Waals surface area (Å²) in [4.78, 5) is 40.1. The van der Waals surface area contributed by atoms with Gasteiger partial charge in [-0.25, -0.2) is 14.4 Å². The molecule has 1 unspecified atom stereocenters. The molecule has 1 heterocycles. The SMILES string of the molecule is CCc1cc(Br)c2c(c1)=C(C=CC(=O)O)C(C(=O)O)(c1cccc(NC(=O)OC)c1)N=2. The molecule has 8 nitrogen and oxygen atoms in total. The van der Waals surface area contributed by atoms with Crippen LogP contribution in [0, 0.1) is 0 Å². The standard InChI is InChI=1S/C22H19BrN2O6/c1-3-12-9-15-16(7-8-18(26)27)22(20(28)29,25-19(15)17(23)10-12)13-5-4-6-14(11-13)24-21(30)31-2/h4-11H,3H2,1-2H3,(H,24,30)(H,26,27)(H,28,29). The summed E-state index contributed by atoms with van der Waals surface area (Å²) in [7, 11) is 1.21. The van der Waals surface area contributed by atoms with Crippen LogP contribution in [-0.2, 0) is 26.3 Å². The maximum atomic E-state index is 12.7. The first-order valence-electron chi connectivity index (χ1n) is 9.26. The van der Waals surface area contributed by atoms with E-state index >= 15 is 0 Å². The van der Waals surface area contributed by atoms with Crippen LogP contribution < -0.4 is 15.9 Å². The van der Waals surface area contributed by atoms with Crippen molar-refractivity contribution >= 4 is 45.2 Å². The zero-order chi connectivity index (χ0) is 22.8. The summed E-state index contributed by atoms with van der Waals surface area (Å²) < 4.78 is 5.20. The van der Waals surface area contributed by atoms with Crippen molar-refractivity contribution in [2.45, 2.75) is 18.9 Å². The van der Waals surface area contributed by atoms with Gasteiger partial charge in [0.2, 0.25) is 5.54 Å². The van der Waals surface area contributed by atoms with Crippen LogP contribution in [-0.4, -0.2) is 35.4 Å². The van der Waals surface area contributed by atoms with Gasteiger partial charge in [0.1, 0.15) is 0 Å². The number of rotatable bonds is 6. The van der Waals surface area contributed by atoms with Crippen LogP contribution in [0.25, 0.3) is 5.57 Å². The van der Waals surface area contributed by atoms with Crippen LogP contribution in [0.15, 0.2) is 58.0 Å². The fraction of sp³-hybridized carbons (Fsp3) is 0.182. The van der Waals surface area contributed by atoms with E-state index in [1.165, 1.54) is 19.3 Å². The molecule has 2 aromatic carbocycles. The highest BCUT2D eigenvalue weighted by Crippen LogP contribution is 2.38. The number of carbonyl (C=O) groups is 3. The first-order valence-corrected chi connectivity index (χ1v) is 10.0. The highest BCUT2D eigenvalue weighted by Gasteiger charge is 2.46. The van der Waals surface area contributed by atoms with Crippen molar-refractivity contribution < 1.29 is 29.3 Å². The maximum absolute atomic E-state index is 12.7. The topological polar surface area (TPSA) is 125 Å². The summed E-state index contributed by atoms with van der Waals surface area (Å²) in [5.74, 6) is -2.50. The lowest BCUT2D eigenvalue weighted by molar-refractivity contribution is -0.141. The molecule has 1 aliphatic heterocycles.